The third-order valence-corrected chi connectivity index (χ3v) is 16.0. The van der Waals surface area contributed by atoms with Gasteiger partial charge >= 0.3 is 71.6 Å². The maximum absolute atomic E-state index is 11.3. The number of rotatable bonds is 59. The SMILES string of the molecule is C=CC(=O)OC(C)C(C)=O.C=CC(=O)OCC(=O)C(C)C.C=CC(=O)OCC(=O)C(C)C(C)C.C=CC(=O)OCC(=O)C(C)CC.C=CC(=O)OCC(=O)CC.C=CC(=O)OCC(=O)CC(C)C.C=CC(=O)OCC(=O)CC(C)CC.C=CC(=O)OCC(=O)CCC.C=CC(=O)OCC(=O)CCC(C)C.C=CC(=O)OCC(=O)CCCC.C=CC(=O)OCC(=O)CCCCC.C=CC(=O)OCC(C)=O. The molecule has 0 aromatic heterocycles. The Kier molecular flexibility index (Phi) is 116. The number of carbonyl (C=O) groups is 24. The standard InChI is InChI=1S/4C10H16O3.3C9H14O3.2C8H12O3.2C7H10O3.C6H8O3/c1-5-10(12)13-6-9(11)8(4)7(2)3;1-4-10(12)13-7-9(11)6-5-8(2)3;1-4-8(3)6-9(11)7-13-10(12)5-2;1-3-5-6-7-9(11)8-13-10(12)4-2;1-4-9(11)12-6-8(10)5-7(2)3;1-4-7(3)8(10)6-12-9(11)5-2;1-3-5-6-8(10)7-12-9(11)4-2;1-4-8(10)11-5-7(9)6(2)3;1-3-5-7(9)6-11-8(10)4-2;1-4-7(9)10-6(3)5(2)8;1-3-6(8)5-10-7(9)4-2;1-3-6(8)9-4-5(2)7/h5,7-8H,1,6H2,2-4H3;4,8H,1,5-7H2,2-3H3;5,8H,2,4,6-7H2,1,3H3;4H,2-3,5-8H2,1H3;4,7H,1,5-6H2,2-3H3;5,7H,2,4,6H2,1,3H3;4H,2-3,5-7H2,1H3;4,6H,1,5H2,2-3H3;4H,2-3,5-6H2,1H3;4,6H,1H2,2-3H3;4H,2-3,5H2,1H3;3H,1,4H2,2H3. The van der Waals surface area contributed by atoms with Crippen LogP contribution >= 0.6 is 0 Å². The smallest absolute Gasteiger partial charge is 0.330 e. The highest BCUT2D eigenvalue weighted by Gasteiger charge is 2.19. The van der Waals surface area contributed by atoms with Crippen molar-refractivity contribution in [3.8, 4) is 0 Å². The van der Waals surface area contributed by atoms with Crippen LogP contribution in [-0.2, 0) is 172 Å². The van der Waals surface area contributed by atoms with E-state index >= 15 is 0 Å². The number of unbranched alkanes of at least 4 members (excludes halogenated alkanes) is 3. The molecule has 4 unspecified atom stereocenters. The van der Waals surface area contributed by atoms with Gasteiger partial charge in [0.1, 0.15) is 52.9 Å². The second-order valence-corrected chi connectivity index (χ2v) is 30.1. The number of ketones is 12. The molecular weight excluding hydrogens is 1810 g/mol. The van der Waals surface area contributed by atoms with Crippen molar-refractivity contribution >= 4 is 141 Å². The van der Waals surface area contributed by atoms with Gasteiger partial charge in [0, 0.05) is 136 Å². The molecule has 0 saturated carbocycles. The Labute approximate surface area is 822 Å². The number of esters is 12. The Bertz CT molecular complexity index is 3840. The first-order valence-corrected chi connectivity index (χ1v) is 44.7. The summed E-state index contributed by atoms with van der Waals surface area (Å²) in [5.74, 6) is -6.23. The van der Waals surface area contributed by atoms with E-state index in [-0.39, 0.29) is 166 Å². The van der Waals surface area contributed by atoms with Crippen LogP contribution in [0.3, 0.4) is 0 Å². The summed E-state index contributed by atoms with van der Waals surface area (Å²) < 4.78 is 54.4. The largest absolute Gasteiger partial charge is 0.455 e. The number of ether oxygens (including phenoxy) is 12. The lowest BCUT2D eigenvalue weighted by Gasteiger charge is -2.13. The summed E-state index contributed by atoms with van der Waals surface area (Å²) in [5, 5.41) is 0. The van der Waals surface area contributed by atoms with E-state index in [4.69, 9.17) is 0 Å². The van der Waals surface area contributed by atoms with Gasteiger partial charge in [0.25, 0.3) is 0 Å². The monoisotopic (exact) mass is 1970 g/mol. The molecular formula is C103H158O36. The Morgan fingerprint density at radius 1 is 0.259 bits per heavy atom. The lowest BCUT2D eigenvalue weighted by molar-refractivity contribution is -0.148. The zero-order valence-electron chi connectivity index (χ0n) is 85.8. The fourth-order valence-electron chi connectivity index (χ4n) is 6.83. The van der Waals surface area contributed by atoms with Crippen LogP contribution in [0.4, 0.5) is 0 Å². The molecule has 0 heterocycles. The van der Waals surface area contributed by atoms with Gasteiger partial charge in [-0.2, -0.15) is 0 Å². The molecule has 786 valence electrons. The van der Waals surface area contributed by atoms with Crippen LogP contribution in [0.2, 0.25) is 0 Å². The number of hydrogen-bond donors (Lipinski definition) is 0. The van der Waals surface area contributed by atoms with Crippen molar-refractivity contribution in [1.82, 2.24) is 0 Å². The summed E-state index contributed by atoms with van der Waals surface area (Å²) in [7, 11) is 0. The van der Waals surface area contributed by atoms with Crippen LogP contribution in [0.1, 0.15) is 241 Å². The highest BCUT2D eigenvalue weighted by molar-refractivity contribution is 5.93. The van der Waals surface area contributed by atoms with E-state index < -0.39 is 77.7 Å². The highest BCUT2D eigenvalue weighted by atomic mass is 16.6. The number of hydrogen-bond acceptors (Lipinski definition) is 36. The first-order chi connectivity index (χ1) is 64.9. The first-order valence-electron chi connectivity index (χ1n) is 44.7. The maximum Gasteiger partial charge on any atom is 0.330 e. The molecule has 4 atom stereocenters. The van der Waals surface area contributed by atoms with Gasteiger partial charge in [0.2, 0.25) is 0 Å². The molecule has 0 aromatic carbocycles. The summed E-state index contributed by atoms with van der Waals surface area (Å²) in [6, 6.07) is 0. The van der Waals surface area contributed by atoms with E-state index in [0.29, 0.717) is 62.7 Å². The maximum atomic E-state index is 11.3. The molecule has 0 spiro atoms. The second-order valence-electron chi connectivity index (χ2n) is 30.1. The predicted molar refractivity (Wildman–Crippen MR) is 525 cm³/mol. The Balaban J connectivity index is -0.000000127. The average Bonchev–Trinajstić information content (AvgIpc) is 0.927. The normalized spacial score (nSPS) is 10.1. The molecule has 0 N–H and O–H groups in total. The minimum Gasteiger partial charge on any atom is -0.455 e. The topological polar surface area (TPSA) is 520 Å². The van der Waals surface area contributed by atoms with E-state index in [9.17, 15) is 115 Å². The molecule has 36 heteroatoms. The van der Waals surface area contributed by atoms with Crippen molar-refractivity contribution in [2.45, 2.75) is 247 Å². The van der Waals surface area contributed by atoms with Crippen LogP contribution in [0.5, 0.6) is 0 Å². The first kappa shape index (κ1) is 151. The zero-order chi connectivity index (χ0) is 111. The molecule has 0 bridgehead atoms. The molecule has 0 saturated heterocycles. The predicted octanol–water partition coefficient (Wildman–Crippen LogP) is 14.7. The Hall–Kier alpha value is -13.4. The summed E-state index contributed by atoms with van der Waals surface area (Å²) in [5.41, 5.74) is 0. The van der Waals surface area contributed by atoms with Crippen molar-refractivity contribution in [3.05, 3.63) is 152 Å². The summed E-state index contributed by atoms with van der Waals surface area (Å²) in [4.78, 5) is 256. The van der Waals surface area contributed by atoms with Crippen molar-refractivity contribution in [1.29, 1.82) is 0 Å². The van der Waals surface area contributed by atoms with Crippen LogP contribution < -0.4 is 0 Å². The van der Waals surface area contributed by atoms with Crippen LogP contribution in [-0.4, -0.2) is 220 Å². The lowest BCUT2D eigenvalue weighted by Crippen LogP contribution is -2.22. The molecule has 0 rings (SSSR count). The molecule has 0 aliphatic heterocycles. The third-order valence-electron chi connectivity index (χ3n) is 16.0. The third kappa shape index (κ3) is 129. The summed E-state index contributed by atoms with van der Waals surface area (Å²) in [6.07, 6.45) is 23.2. The van der Waals surface area contributed by atoms with Crippen LogP contribution in [0.25, 0.3) is 0 Å². The van der Waals surface area contributed by atoms with Crippen LogP contribution in [0, 0.1) is 41.4 Å². The van der Waals surface area contributed by atoms with E-state index in [1.807, 2.05) is 90.0 Å². The molecule has 0 aliphatic carbocycles. The van der Waals surface area contributed by atoms with E-state index in [2.05, 4.69) is 143 Å². The minimum absolute atomic E-state index is 0.0244. The van der Waals surface area contributed by atoms with Crippen molar-refractivity contribution in [2.75, 3.05) is 72.7 Å². The fourth-order valence-corrected chi connectivity index (χ4v) is 6.83. The highest BCUT2D eigenvalue weighted by Crippen LogP contribution is 2.12. The van der Waals surface area contributed by atoms with Gasteiger partial charge in [-0.15, -0.1) is 0 Å². The number of carbonyl (C=O) groups excluding carboxylic acids is 24. The van der Waals surface area contributed by atoms with Gasteiger partial charge in [0.05, 0.1) is 0 Å². The van der Waals surface area contributed by atoms with Gasteiger partial charge in [0.15, 0.2) is 95.3 Å². The lowest BCUT2D eigenvalue weighted by atomic mass is 9.94. The van der Waals surface area contributed by atoms with Crippen molar-refractivity contribution in [3.63, 3.8) is 0 Å². The molecule has 0 aliphatic rings. The van der Waals surface area contributed by atoms with Gasteiger partial charge in [-0.05, 0) is 76.5 Å². The molecule has 36 nitrogen and oxygen atoms in total. The quantitative estimate of drug-likeness (QED) is 0.0236. The van der Waals surface area contributed by atoms with Gasteiger partial charge < -0.3 is 56.8 Å². The van der Waals surface area contributed by atoms with Crippen molar-refractivity contribution in [2.24, 2.45) is 41.4 Å². The second kappa shape index (κ2) is 107. The van der Waals surface area contributed by atoms with Gasteiger partial charge in [-0.1, -0.05) is 222 Å². The van der Waals surface area contributed by atoms with Crippen molar-refractivity contribution < 1.29 is 172 Å². The Morgan fingerprint density at radius 3 is 0.791 bits per heavy atom. The van der Waals surface area contributed by atoms with Gasteiger partial charge in [-0.3, -0.25) is 57.5 Å². The Morgan fingerprint density at radius 2 is 0.532 bits per heavy atom. The molecule has 0 fully saturated rings. The van der Waals surface area contributed by atoms with Gasteiger partial charge in [-0.25, -0.2) is 57.5 Å². The molecule has 139 heavy (non-hydrogen) atoms. The van der Waals surface area contributed by atoms with E-state index in [0.717, 1.165) is 131 Å². The minimum atomic E-state index is -0.662. The number of Topliss-reactive ketones (excluding diaryl/α,β-unsaturated/α-hetero) is 12. The fraction of sp³-hybridized carbons (Fsp3) is 0.534. The average molecular weight is 1970 g/mol. The summed E-state index contributed by atoms with van der Waals surface area (Å²) in [6.45, 7) is 73.8. The summed E-state index contributed by atoms with van der Waals surface area (Å²) >= 11 is 0. The van der Waals surface area contributed by atoms with E-state index in [1.54, 1.807) is 20.8 Å². The molecule has 0 aromatic rings. The molecule has 0 amide bonds. The zero-order valence-corrected chi connectivity index (χ0v) is 85.8. The molecule has 0 radical (unpaired) electrons. The van der Waals surface area contributed by atoms with E-state index in [1.165, 1.54) is 20.8 Å². The van der Waals surface area contributed by atoms with Crippen LogP contribution in [0.15, 0.2) is 152 Å².